The molecule has 1 rings (SSSR count). The van der Waals surface area contributed by atoms with Gasteiger partial charge >= 0.3 is 0 Å². The highest BCUT2D eigenvalue weighted by Crippen LogP contribution is 2.15. The van der Waals surface area contributed by atoms with Gasteiger partial charge in [0.25, 0.3) is 0 Å². The molecule has 8 heteroatoms. The van der Waals surface area contributed by atoms with E-state index in [0.29, 0.717) is 0 Å². The molecule has 94 valence electrons. The van der Waals surface area contributed by atoms with Crippen molar-refractivity contribution in [1.82, 2.24) is 0 Å². The van der Waals surface area contributed by atoms with Crippen LogP contribution in [0.4, 0.5) is 4.39 Å². The van der Waals surface area contributed by atoms with Crippen LogP contribution in [0.1, 0.15) is 5.56 Å². The third-order valence-corrected chi connectivity index (χ3v) is 1.69. The molecule has 0 saturated carbocycles. The predicted molar refractivity (Wildman–Crippen MR) is 66.4 cm³/mol. The zero-order valence-electron chi connectivity index (χ0n) is 8.80. The number of rotatable bonds is 2. The topological polar surface area (TPSA) is 123 Å². The molecule has 6 nitrogen and oxygen atoms in total. The minimum absolute atomic E-state index is 0. The van der Waals surface area contributed by atoms with Crippen LogP contribution >= 0.6 is 12.4 Å². The molecule has 0 aliphatic carbocycles. The molecule has 0 fully saturated rings. The van der Waals surface area contributed by atoms with Crippen molar-refractivity contribution in [2.24, 2.45) is 27.2 Å². The van der Waals surface area contributed by atoms with Crippen molar-refractivity contribution < 1.29 is 9.50 Å². The van der Waals surface area contributed by atoms with Crippen LogP contribution in [0.5, 0.6) is 5.75 Å². The number of hydrogen-bond donors (Lipinski definition) is 4. The Morgan fingerprint density at radius 2 is 1.94 bits per heavy atom. The fraction of sp³-hybridized carbons (Fsp3) is 0.111. The number of nitrogens with two attached hydrogens (primary N) is 3. The normalized spacial score (nSPS) is 10.5. The fourth-order valence-electron chi connectivity index (χ4n) is 0.998. The molecule has 0 amide bonds. The lowest BCUT2D eigenvalue weighted by atomic mass is 10.2. The third-order valence-electron chi connectivity index (χ3n) is 1.69. The van der Waals surface area contributed by atoms with E-state index in [4.69, 9.17) is 22.3 Å². The number of aliphatic imine (C=N–C) groups is 2. The predicted octanol–water partition coefficient (Wildman–Crippen LogP) is 0.0412. The van der Waals surface area contributed by atoms with Crippen LogP contribution in [0.15, 0.2) is 28.2 Å². The molecule has 1 aromatic carbocycles. The van der Waals surface area contributed by atoms with Crippen molar-refractivity contribution in [1.29, 1.82) is 0 Å². The van der Waals surface area contributed by atoms with E-state index in [1.807, 2.05) is 0 Å². The first kappa shape index (κ1) is 15.0. The third kappa shape index (κ3) is 5.03. The second kappa shape index (κ2) is 6.54. The maximum absolute atomic E-state index is 13.2. The SMILES string of the molecule is Cl.NC(N)=NC(N)=NCc1ccc(O)cc1F. The van der Waals surface area contributed by atoms with Crippen molar-refractivity contribution in [3.05, 3.63) is 29.6 Å². The minimum Gasteiger partial charge on any atom is -0.508 e. The maximum Gasteiger partial charge on any atom is 0.218 e. The highest BCUT2D eigenvalue weighted by molar-refractivity contribution is 5.92. The first-order chi connectivity index (χ1) is 7.49. The quantitative estimate of drug-likeness (QED) is 0.443. The van der Waals surface area contributed by atoms with Crippen LogP contribution in [0.2, 0.25) is 0 Å². The summed E-state index contributed by atoms with van der Waals surface area (Å²) in [5.41, 5.74) is 15.8. The Morgan fingerprint density at radius 1 is 1.29 bits per heavy atom. The summed E-state index contributed by atoms with van der Waals surface area (Å²) in [6.07, 6.45) is 0. The van der Waals surface area contributed by atoms with Crippen LogP contribution < -0.4 is 17.2 Å². The van der Waals surface area contributed by atoms with Crippen LogP contribution in [0.3, 0.4) is 0 Å². The van der Waals surface area contributed by atoms with Gasteiger partial charge in [0.05, 0.1) is 6.54 Å². The minimum atomic E-state index is -0.568. The van der Waals surface area contributed by atoms with E-state index < -0.39 is 5.82 Å². The van der Waals surface area contributed by atoms with Gasteiger partial charge in [0.1, 0.15) is 11.6 Å². The summed E-state index contributed by atoms with van der Waals surface area (Å²) in [7, 11) is 0. The first-order valence-corrected chi connectivity index (χ1v) is 4.36. The molecule has 0 aromatic heterocycles. The van der Waals surface area contributed by atoms with E-state index in [-0.39, 0.29) is 42.2 Å². The van der Waals surface area contributed by atoms with Gasteiger partial charge in [-0.3, -0.25) is 0 Å². The fourth-order valence-corrected chi connectivity index (χ4v) is 0.998. The van der Waals surface area contributed by atoms with Gasteiger partial charge in [0.15, 0.2) is 5.96 Å². The van der Waals surface area contributed by atoms with Crippen molar-refractivity contribution in [3.8, 4) is 5.75 Å². The van der Waals surface area contributed by atoms with E-state index in [1.165, 1.54) is 12.1 Å². The van der Waals surface area contributed by atoms with Crippen molar-refractivity contribution in [3.63, 3.8) is 0 Å². The van der Waals surface area contributed by atoms with Crippen molar-refractivity contribution >= 4 is 24.3 Å². The standard InChI is InChI=1S/C9H12FN5O.ClH/c10-7-3-6(16)2-1-5(7)4-14-9(13)15-8(11)12;/h1-3,16H,4H2,(H6,11,12,13,14,15);1H. The monoisotopic (exact) mass is 261 g/mol. The Balaban J connectivity index is 0.00000256. The summed E-state index contributed by atoms with van der Waals surface area (Å²) >= 11 is 0. The van der Waals surface area contributed by atoms with Gasteiger partial charge in [-0.2, -0.15) is 4.99 Å². The number of aromatic hydroxyl groups is 1. The summed E-state index contributed by atoms with van der Waals surface area (Å²) in [5.74, 6) is -1.07. The van der Waals surface area contributed by atoms with Crippen LogP contribution in [0, 0.1) is 5.82 Å². The van der Waals surface area contributed by atoms with Gasteiger partial charge in [0, 0.05) is 11.6 Å². The highest BCUT2D eigenvalue weighted by atomic mass is 35.5. The number of phenolic OH excluding ortho intramolecular Hbond substituents is 1. The number of guanidine groups is 2. The number of halogens is 2. The molecule has 0 unspecified atom stereocenters. The maximum atomic E-state index is 13.2. The van der Waals surface area contributed by atoms with E-state index in [9.17, 15) is 4.39 Å². The Hall–Kier alpha value is -2.02. The Morgan fingerprint density at radius 3 is 2.47 bits per heavy atom. The van der Waals surface area contributed by atoms with E-state index in [1.54, 1.807) is 0 Å². The molecule has 0 aliphatic heterocycles. The Kier molecular flexibility index (Phi) is 5.76. The average molecular weight is 262 g/mol. The Bertz CT molecular complexity index is 445. The molecule has 1 aromatic rings. The molecule has 0 aliphatic rings. The molecular formula is C9H13ClFN5O. The molecule has 0 heterocycles. The van der Waals surface area contributed by atoms with Gasteiger partial charge in [-0.25, -0.2) is 9.38 Å². The van der Waals surface area contributed by atoms with Gasteiger partial charge in [-0.15, -0.1) is 12.4 Å². The van der Waals surface area contributed by atoms with E-state index in [0.717, 1.165) is 6.07 Å². The summed E-state index contributed by atoms with van der Waals surface area (Å²) < 4.78 is 13.2. The molecular weight excluding hydrogens is 249 g/mol. The lowest BCUT2D eigenvalue weighted by Gasteiger charge is -2.00. The summed E-state index contributed by atoms with van der Waals surface area (Å²) in [6.45, 7) is -0.00523. The molecule has 7 N–H and O–H groups in total. The molecule has 0 atom stereocenters. The van der Waals surface area contributed by atoms with Crippen molar-refractivity contribution in [2.75, 3.05) is 0 Å². The van der Waals surface area contributed by atoms with Crippen molar-refractivity contribution in [2.45, 2.75) is 6.54 Å². The van der Waals surface area contributed by atoms with Crippen LogP contribution in [0.25, 0.3) is 0 Å². The summed E-state index contributed by atoms with van der Waals surface area (Å²) in [6, 6.07) is 3.74. The average Bonchev–Trinajstić information content (AvgIpc) is 2.15. The van der Waals surface area contributed by atoms with E-state index in [2.05, 4.69) is 9.98 Å². The second-order valence-electron chi connectivity index (χ2n) is 2.99. The second-order valence-corrected chi connectivity index (χ2v) is 2.99. The lowest BCUT2D eigenvalue weighted by Crippen LogP contribution is -2.26. The van der Waals surface area contributed by atoms with Crippen LogP contribution in [-0.2, 0) is 6.54 Å². The molecule has 0 radical (unpaired) electrons. The smallest absolute Gasteiger partial charge is 0.218 e. The Labute approximate surface area is 103 Å². The van der Waals surface area contributed by atoms with Crippen LogP contribution in [-0.4, -0.2) is 17.0 Å². The number of nitrogens with zero attached hydrogens (tertiary/aromatic N) is 2. The number of phenols is 1. The molecule has 0 saturated heterocycles. The molecule has 0 bridgehead atoms. The van der Waals surface area contributed by atoms with E-state index >= 15 is 0 Å². The van der Waals surface area contributed by atoms with Gasteiger partial charge in [-0.05, 0) is 6.07 Å². The number of hydrogen-bond acceptors (Lipinski definition) is 2. The van der Waals surface area contributed by atoms with Gasteiger partial charge in [-0.1, -0.05) is 6.07 Å². The summed E-state index contributed by atoms with van der Waals surface area (Å²) in [5, 5.41) is 8.98. The number of benzene rings is 1. The van der Waals surface area contributed by atoms with Gasteiger partial charge in [0.2, 0.25) is 5.96 Å². The summed E-state index contributed by atoms with van der Waals surface area (Å²) in [4.78, 5) is 7.22. The first-order valence-electron chi connectivity index (χ1n) is 4.36. The molecule has 17 heavy (non-hydrogen) atoms. The zero-order chi connectivity index (χ0) is 12.1. The van der Waals surface area contributed by atoms with Gasteiger partial charge < -0.3 is 22.3 Å². The molecule has 0 spiro atoms. The highest BCUT2D eigenvalue weighted by Gasteiger charge is 2.02. The largest absolute Gasteiger partial charge is 0.508 e. The lowest BCUT2D eigenvalue weighted by molar-refractivity contribution is 0.468. The zero-order valence-corrected chi connectivity index (χ0v) is 9.62.